The summed E-state index contributed by atoms with van der Waals surface area (Å²) >= 11 is 0. The third-order valence-corrected chi connectivity index (χ3v) is 3.78. The van der Waals surface area contributed by atoms with Crippen molar-refractivity contribution in [3.05, 3.63) is 18.0 Å². The van der Waals surface area contributed by atoms with Crippen LogP contribution in [0.15, 0.2) is 12.4 Å². The summed E-state index contributed by atoms with van der Waals surface area (Å²) in [6.07, 6.45) is 6.71. The molecule has 1 atom stereocenters. The number of aryl methyl sites for hydroxylation is 1. The van der Waals surface area contributed by atoms with Crippen LogP contribution in [0.2, 0.25) is 0 Å². The van der Waals surface area contributed by atoms with Crippen LogP contribution in [0, 0.1) is 5.92 Å². The van der Waals surface area contributed by atoms with Gasteiger partial charge in [0.05, 0.1) is 12.6 Å². The van der Waals surface area contributed by atoms with Gasteiger partial charge in [-0.1, -0.05) is 0 Å². The van der Waals surface area contributed by atoms with Crippen molar-refractivity contribution < 1.29 is 14.7 Å². The molecule has 2 heterocycles. The van der Waals surface area contributed by atoms with Crippen molar-refractivity contribution in [2.75, 3.05) is 13.1 Å². The molecule has 0 bridgehead atoms. The Labute approximate surface area is 118 Å². The lowest BCUT2D eigenvalue weighted by Gasteiger charge is -2.20. The summed E-state index contributed by atoms with van der Waals surface area (Å²) in [7, 11) is 1.83. The van der Waals surface area contributed by atoms with E-state index in [-0.39, 0.29) is 18.2 Å². The van der Waals surface area contributed by atoms with Crippen LogP contribution in [0.3, 0.4) is 0 Å². The maximum absolute atomic E-state index is 12.2. The number of carbonyl (C=O) groups excluding carboxylic acids is 1. The average molecular weight is 279 g/mol. The second kappa shape index (κ2) is 6.54. The lowest BCUT2D eigenvalue weighted by molar-refractivity contribution is -0.138. The van der Waals surface area contributed by atoms with Crippen LogP contribution < -0.4 is 0 Å². The standard InChI is InChI=1S/C14H21N3O3/c1-16-10-12(9-15-16)7-13(18)17-5-2-3-11(4-6-17)8-14(19)20/h9-11H,2-8H2,1H3,(H,19,20)/t11-/m0/s1. The number of carbonyl (C=O) groups is 2. The molecule has 1 aromatic rings. The van der Waals surface area contributed by atoms with E-state index in [0.29, 0.717) is 13.0 Å². The minimum absolute atomic E-state index is 0.106. The number of hydrogen-bond acceptors (Lipinski definition) is 3. The van der Waals surface area contributed by atoms with Crippen molar-refractivity contribution in [1.29, 1.82) is 0 Å². The Morgan fingerprint density at radius 2 is 2.20 bits per heavy atom. The van der Waals surface area contributed by atoms with Gasteiger partial charge in [0, 0.05) is 32.8 Å². The zero-order valence-corrected chi connectivity index (χ0v) is 11.8. The third kappa shape index (κ3) is 4.08. The number of rotatable bonds is 4. The van der Waals surface area contributed by atoms with Gasteiger partial charge < -0.3 is 10.0 Å². The first-order valence-corrected chi connectivity index (χ1v) is 7.01. The Bertz CT molecular complexity index is 484. The smallest absolute Gasteiger partial charge is 0.303 e. The topological polar surface area (TPSA) is 75.4 Å². The fourth-order valence-corrected chi connectivity index (χ4v) is 2.72. The van der Waals surface area contributed by atoms with Crippen molar-refractivity contribution in [2.45, 2.75) is 32.1 Å². The van der Waals surface area contributed by atoms with Crippen LogP contribution in [0.5, 0.6) is 0 Å². The molecule has 0 radical (unpaired) electrons. The Morgan fingerprint density at radius 3 is 2.85 bits per heavy atom. The lowest BCUT2D eigenvalue weighted by atomic mass is 9.97. The highest BCUT2D eigenvalue weighted by molar-refractivity contribution is 5.78. The number of amides is 1. The molecule has 110 valence electrons. The molecular formula is C14H21N3O3. The molecule has 6 heteroatoms. The minimum atomic E-state index is -0.745. The van der Waals surface area contributed by atoms with Gasteiger partial charge in [0.1, 0.15) is 0 Å². The summed E-state index contributed by atoms with van der Waals surface area (Å²) in [6.45, 7) is 1.40. The first kappa shape index (κ1) is 14.6. The first-order chi connectivity index (χ1) is 9.54. The van der Waals surface area contributed by atoms with E-state index < -0.39 is 5.97 Å². The molecule has 1 aromatic heterocycles. The molecule has 0 saturated carbocycles. The maximum Gasteiger partial charge on any atom is 0.303 e. The highest BCUT2D eigenvalue weighted by atomic mass is 16.4. The van der Waals surface area contributed by atoms with Crippen molar-refractivity contribution in [2.24, 2.45) is 13.0 Å². The molecule has 0 unspecified atom stereocenters. The fraction of sp³-hybridized carbons (Fsp3) is 0.643. The van der Waals surface area contributed by atoms with Gasteiger partial charge >= 0.3 is 5.97 Å². The Hall–Kier alpha value is -1.85. The van der Waals surface area contributed by atoms with Crippen LogP contribution >= 0.6 is 0 Å². The molecule has 1 aliphatic rings. The number of aromatic nitrogens is 2. The summed E-state index contributed by atoms with van der Waals surface area (Å²) in [4.78, 5) is 24.8. The van der Waals surface area contributed by atoms with Crippen LogP contribution in [0.1, 0.15) is 31.2 Å². The Morgan fingerprint density at radius 1 is 1.40 bits per heavy atom. The summed E-state index contributed by atoms with van der Waals surface area (Å²) in [5.41, 5.74) is 0.920. The van der Waals surface area contributed by atoms with Gasteiger partial charge in [-0.2, -0.15) is 5.10 Å². The zero-order valence-electron chi connectivity index (χ0n) is 11.8. The molecule has 0 aliphatic carbocycles. The van der Waals surface area contributed by atoms with Gasteiger partial charge in [-0.15, -0.1) is 0 Å². The van der Waals surface area contributed by atoms with Crippen molar-refractivity contribution in [3.63, 3.8) is 0 Å². The fourth-order valence-electron chi connectivity index (χ4n) is 2.72. The summed E-state index contributed by atoms with van der Waals surface area (Å²) in [6, 6.07) is 0. The van der Waals surface area contributed by atoms with E-state index in [0.717, 1.165) is 31.4 Å². The van der Waals surface area contributed by atoms with E-state index in [9.17, 15) is 9.59 Å². The zero-order chi connectivity index (χ0) is 14.5. The highest BCUT2D eigenvalue weighted by Crippen LogP contribution is 2.21. The molecule has 1 N–H and O–H groups in total. The van der Waals surface area contributed by atoms with Crippen molar-refractivity contribution >= 4 is 11.9 Å². The average Bonchev–Trinajstić information content (AvgIpc) is 2.64. The monoisotopic (exact) mass is 279 g/mol. The minimum Gasteiger partial charge on any atom is -0.481 e. The van der Waals surface area contributed by atoms with E-state index in [2.05, 4.69) is 5.10 Å². The predicted molar refractivity (Wildman–Crippen MR) is 73.1 cm³/mol. The van der Waals surface area contributed by atoms with Gasteiger partial charge in [0.2, 0.25) is 5.91 Å². The molecular weight excluding hydrogens is 258 g/mol. The first-order valence-electron chi connectivity index (χ1n) is 7.01. The second-order valence-corrected chi connectivity index (χ2v) is 5.47. The highest BCUT2D eigenvalue weighted by Gasteiger charge is 2.22. The van der Waals surface area contributed by atoms with Crippen LogP contribution in [0.4, 0.5) is 0 Å². The Balaban J connectivity index is 1.86. The number of carboxylic acid groups (broad SMARTS) is 1. The van der Waals surface area contributed by atoms with Crippen LogP contribution in [0.25, 0.3) is 0 Å². The van der Waals surface area contributed by atoms with E-state index in [1.54, 1.807) is 10.9 Å². The predicted octanol–water partition coefficient (Wildman–Crippen LogP) is 1.07. The van der Waals surface area contributed by atoms with Gasteiger partial charge in [-0.3, -0.25) is 14.3 Å². The summed E-state index contributed by atoms with van der Waals surface area (Å²) in [5.74, 6) is -0.442. The van der Waals surface area contributed by atoms with Gasteiger partial charge in [-0.05, 0) is 30.7 Å². The molecule has 2 rings (SSSR count). The number of aliphatic carboxylic acids is 1. The molecule has 6 nitrogen and oxygen atoms in total. The number of likely N-dealkylation sites (tertiary alicyclic amines) is 1. The van der Waals surface area contributed by atoms with Gasteiger partial charge in [0.25, 0.3) is 0 Å². The molecule has 20 heavy (non-hydrogen) atoms. The molecule has 1 fully saturated rings. The van der Waals surface area contributed by atoms with E-state index >= 15 is 0 Å². The molecule has 1 amide bonds. The number of carboxylic acids is 1. The van der Waals surface area contributed by atoms with Gasteiger partial charge in [-0.25, -0.2) is 0 Å². The van der Waals surface area contributed by atoms with Crippen molar-refractivity contribution in [3.8, 4) is 0 Å². The van der Waals surface area contributed by atoms with Crippen LogP contribution in [-0.2, 0) is 23.1 Å². The maximum atomic E-state index is 12.2. The van der Waals surface area contributed by atoms with E-state index in [1.165, 1.54) is 0 Å². The normalized spacial score (nSPS) is 19.6. The second-order valence-electron chi connectivity index (χ2n) is 5.47. The van der Waals surface area contributed by atoms with Crippen molar-refractivity contribution in [1.82, 2.24) is 14.7 Å². The molecule has 1 saturated heterocycles. The Kier molecular flexibility index (Phi) is 4.76. The number of nitrogens with zero attached hydrogens (tertiary/aromatic N) is 3. The van der Waals surface area contributed by atoms with Gasteiger partial charge in [0.15, 0.2) is 0 Å². The molecule has 0 aromatic carbocycles. The molecule has 0 spiro atoms. The number of hydrogen-bond donors (Lipinski definition) is 1. The molecule has 1 aliphatic heterocycles. The quantitative estimate of drug-likeness (QED) is 0.894. The van der Waals surface area contributed by atoms with E-state index in [4.69, 9.17) is 5.11 Å². The SMILES string of the molecule is Cn1cc(CC(=O)N2CCC[C@H](CC(=O)O)CC2)cn1. The summed E-state index contributed by atoms with van der Waals surface area (Å²) in [5, 5.41) is 12.9. The largest absolute Gasteiger partial charge is 0.481 e. The van der Waals surface area contributed by atoms with E-state index in [1.807, 2.05) is 18.1 Å². The van der Waals surface area contributed by atoms with Crippen LogP contribution in [-0.4, -0.2) is 44.8 Å². The summed E-state index contributed by atoms with van der Waals surface area (Å²) < 4.78 is 1.69. The lowest BCUT2D eigenvalue weighted by Crippen LogP contribution is -2.33. The third-order valence-electron chi connectivity index (χ3n) is 3.78.